The monoisotopic (exact) mass is 158 g/mol. The van der Waals surface area contributed by atoms with Crippen molar-refractivity contribution >= 4 is 0 Å². The Labute approximate surface area is 70.5 Å². The molecule has 0 spiro atoms. The first-order valence-electron chi connectivity index (χ1n) is 4.62. The van der Waals surface area contributed by atoms with Crippen LogP contribution in [0.2, 0.25) is 0 Å². The third-order valence-electron chi connectivity index (χ3n) is 2.04. The van der Waals surface area contributed by atoms with Gasteiger partial charge in [0.15, 0.2) is 0 Å². The number of rotatable bonds is 6. The first kappa shape index (κ1) is 10.9. The maximum Gasteiger partial charge on any atom is 0.0249 e. The van der Waals surface area contributed by atoms with Crippen molar-refractivity contribution in [2.24, 2.45) is 5.73 Å². The minimum absolute atomic E-state index is 0.0201. The van der Waals surface area contributed by atoms with Gasteiger partial charge in [-0.25, -0.2) is 0 Å². The predicted molar refractivity (Wildman–Crippen MR) is 50.7 cm³/mol. The van der Waals surface area contributed by atoms with Gasteiger partial charge in [-0.1, -0.05) is 20.3 Å². The van der Waals surface area contributed by atoms with Crippen molar-refractivity contribution in [1.29, 1.82) is 0 Å². The lowest BCUT2D eigenvalue weighted by atomic mass is 10.0. The number of hydrogen-bond donors (Lipinski definition) is 2. The highest BCUT2D eigenvalue weighted by Gasteiger charge is 2.13. The van der Waals surface area contributed by atoms with E-state index >= 15 is 0 Å². The molecule has 0 aliphatic rings. The highest BCUT2D eigenvalue weighted by atomic mass is 14.9. The number of nitrogens with two attached hydrogens (primary N) is 1. The van der Waals surface area contributed by atoms with E-state index < -0.39 is 0 Å². The molecule has 3 N–H and O–H groups in total. The van der Waals surface area contributed by atoms with Crippen LogP contribution in [0, 0.1) is 0 Å². The second-order valence-corrected chi connectivity index (χ2v) is 3.54. The second kappa shape index (κ2) is 5.56. The Bertz CT molecular complexity index is 89.6. The molecule has 0 rings (SSSR count). The van der Waals surface area contributed by atoms with Crippen molar-refractivity contribution in [3.63, 3.8) is 0 Å². The Morgan fingerprint density at radius 3 is 2.45 bits per heavy atom. The van der Waals surface area contributed by atoms with Gasteiger partial charge >= 0.3 is 0 Å². The molecular formula is C9H22N2. The van der Waals surface area contributed by atoms with Crippen LogP contribution < -0.4 is 11.1 Å². The van der Waals surface area contributed by atoms with Gasteiger partial charge in [0.05, 0.1) is 0 Å². The summed E-state index contributed by atoms with van der Waals surface area (Å²) in [4.78, 5) is 0. The summed E-state index contributed by atoms with van der Waals surface area (Å²) in [6, 6.07) is 0. The van der Waals surface area contributed by atoms with Gasteiger partial charge in [-0.05, 0) is 26.3 Å². The van der Waals surface area contributed by atoms with Gasteiger partial charge in [0, 0.05) is 12.1 Å². The van der Waals surface area contributed by atoms with Gasteiger partial charge in [0.25, 0.3) is 0 Å². The van der Waals surface area contributed by atoms with Crippen LogP contribution in [0.15, 0.2) is 0 Å². The Hall–Kier alpha value is -0.0800. The molecule has 0 aromatic rings. The quantitative estimate of drug-likeness (QED) is 0.575. The smallest absolute Gasteiger partial charge is 0.0249 e. The summed E-state index contributed by atoms with van der Waals surface area (Å²) < 4.78 is 0. The van der Waals surface area contributed by atoms with Crippen LogP contribution in [-0.4, -0.2) is 18.6 Å². The molecule has 68 valence electrons. The van der Waals surface area contributed by atoms with Crippen molar-refractivity contribution in [2.75, 3.05) is 13.1 Å². The molecule has 0 saturated heterocycles. The zero-order valence-corrected chi connectivity index (χ0v) is 8.11. The van der Waals surface area contributed by atoms with E-state index in [1.807, 2.05) is 0 Å². The first-order valence-corrected chi connectivity index (χ1v) is 4.62. The molecule has 0 fully saturated rings. The van der Waals surface area contributed by atoms with Crippen molar-refractivity contribution in [3.05, 3.63) is 0 Å². The van der Waals surface area contributed by atoms with Crippen LogP contribution in [0.1, 0.15) is 40.0 Å². The highest BCUT2D eigenvalue weighted by molar-refractivity contribution is 4.78. The fraction of sp³-hybridized carbons (Fsp3) is 1.00. The van der Waals surface area contributed by atoms with E-state index in [2.05, 4.69) is 26.1 Å². The van der Waals surface area contributed by atoms with Crippen LogP contribution in [0.25, 0.3) is 0 Å². The summed E-state index contributed by atoms with van der Waals surface area (Å²) in [7, 11) is 0. The molecule has 0 aliphatic carbocycles. The van der Waals surface area contributed by atoms with E-state index in [0.717, 1.165) is 19.5 Å². The summed E-state index contributed by atoms with van der Waals surface area (Å²) in [6.45, 7) is 8.45. The summed E-state index contributed by atoms with van der Waals surface area (Å²) in [6.07, 6.45) is 3.53. The van der Waals surface area contributed by atoms with Crippen LogP contribution in [0.5, 0.6) is 0 Å². The molecule has 0 radical (unpaired) electrons. The minimum Gasteiger partial charge on any atom is -0.324 e. The molecule has 0 saturated carbocycles. The maximum absolute atomic E-state index is 5.94. The molecule has 1 atom stereocenters. The Morgan fingerprint density at radius 1 is 1.36 bits per heavy atom. The fourth-order valence-corrected chi connectivity index (χ4v) is 0.801. The number of nitrogens with one attached hydrogen (secondary N) is 1. The third kappa shape index (κ3) is 6.32. The molecule has 0 heterocycles. The Balaban J connectivity index is 3.23. The van der Waals surface area contributed by atoms with Crippen molar-refractivity contribution in [3.8, 4) is 0 Å². The Kier molecular flexibility index (Phi) is 5.51. The molecule has 0 aromatic heterocycles. The molecular weight excluding hydrogens is 136 g/mol. The van der Waals surface area contributed by atoms with E-state index in [1.165, 1.54) is 12.8 Å². The zero-order chi connectivity index (χ0) is 8.74. The molecule has 2 nitrogen and oxygen atoms in total. The SMILES string of the molecule is CCCCNCC(C)(N)CC. The molecule has 0 amide bonds. The molecule has 0 bridgehead atoms. The van der Waals surface area contributed by atoms with E-state index in [9.17, 15) is 0 Å². The van der Waals surface area contributed by atoms with E-state index in [-0.39, 0.29) is 5.54 Å². The highest BCUT2D eigenvalue weighted by Crippen LogP contribution is 2.01. The fourth-order valence-electron chi connectivity index (χ4n) is 0.801. The van der Waals surface area contributed by atoms with Crippen molar-refractivity contribution < 1.29 is 0 Å². The molecule has 11 heavy (non-hydrogen) atoms. The van der Waals surface area contributed by atoms with Gasteiger partial charge < -0.3 is 11.1 Å². The summed E-state index contributed by atoms with van der Waals surface area (Å²) in [5.74, 6) is 0. The number of unbranched alkanes of at least 4 members (excludes halogenated alkanes) is 1. The van der Waals surface area contributed by atoms with Crippen LogP contribution in [-0.2, 0) is 0 Å². The standard InChI is InChI=1S/C9H22N2/c1-4-6-7-11-8-9(3,10)5-2/h11H,4-8,10H2,1-3H3. The first-order chi connectivity index (χ1) is 5.12. The van der Waals surface area contributed by atoms with Gasteiger partial charge in [-0.2, -0.15) is 0 Å². The van der Waals surface area contributed by atoms with E-state index in [0.29, 0.717) is 0 Å². The van der Waals surface area contributed by atoms with Crippen molar-refractivity contribution in [1.82, 2.24) is 5.32 Å². The van der Waals surface area contributed by atoms with Crippen LogP contribution in [0.3, 0.4) is 0 Å². The molecule has 2 heteroatoms. The minimum atomic E-state index is -0.0201. The lowest BCUT2D eigenvalue weighted by Crippen LogP contribution is -2.45. The van der Waals surface area contributed by atoms with Crippen molar-refractivity contribution in [2.45, 2.75) is 45.6 Å². The Morgan fingerprint density at radius 2 is 2.00 bits per heavy atom. The van der Waals surface area contributed by atoms with Gasteiger partial charge in [0.1, 0.15) is 0 Å². The predicted octanol–water partition coefficient (Wildman–Crippen LogP) is 1.50. The van der Waals surface area contributed by atoms with Gasteiger partial charge in [0.2, 0.25) is 0 Å². The topological polar surface area (TPSA) is 38.0 Å². The van der Waals surface area contributed by atoms with Crippen LogP contribution in [0.4, 0.5) is 0 Å². The summed E-state index contributed by atoms with van der Waals surface area (Å²) in [5, 5.41) is 3.35. The van der Waals surface area contributed by atoms with E-state index in [1.54, 1.807) is 0 Å². The summed E-state index contributed by atoms with van der Waals surface area (Å²) in [5.41, 5.74) is 5.92. The number of hydrogen-bond acceptors (Lipinski definition) is 2. The normalized spacial score (nSPS) is 16.4. The van der Waals surface area contributed by atoms with Gasteiger partial charge in [-0.3, -0.25) is 0 Å². The lowest BCUT2D eigenvalue weighted by molar-refractivity contribution is 0.415. The average Bonchev–Trinajstić information content (AvgIpc) is 1.99. The van der Waals surface area contributed by atoms with Gasteiger partial charge in [-0.15, -0.1) is 0 Å². The average molecular weight is 158 g/mol. The van der Waals surface area contributed by atoms with Crippen LogP contribution >= 0.6 is 0 Å². The molecule has 1 unspecified atom stereocenters. The lowest BCUT2D eigenvalue weighted by Gasteiger charge is -2.22. The zero-order valence-electron chi connectivity index (χ0n) is 8.11. The largest absolute Gasteiger partial charge is 0.324 e. The second-order valence-electron chi connectivity index (χ2n) is 3.54. The van der Waals surface area contributed by atoms with E-state index in [4.69, 9.17) is 5.73 Å². The maximum atomic E-state index is 5.94. The molecule has 0 aromatic carbocycles. The molecule has 0 aliphatic heterocycles. The third-order valence-corrected chi connectivity index (χ3v) is 2.04. The summed E-state index contributed by atoms with van der Waals surface area (Å²) >= 11 is 0.